The highest BCUT2D eigenvalue weighted by molar-refractivity contribution is 8.13. The van der Waals surface area contributed by atoms with Crippen molar-refractivity contribution in [2.24, 2.45) is 16.6 Å². The first kappa shape index (κ1) is 17.2. The molecule has 3 heterocycles. The van der Waals surface area contributed by atoms with E-state index in [9.17, 15) is 13.9 Å². The van der Waals surface area contributed by atoms with Gasteiger partial charge in [-0.2, -0.15) is 0 Å². The number of halogens is 2. The Labute approximate surface area is 153 Å². The van der Waals surface area contributed by atoms with Crippen molar-refractivity contribution < 1.29 is 18.6 Å². The zero-order chi connectivity index (χ0) is 18.3. The molecule has 26 heavy (non-hydrogen) atoms. The van der Waals surface area contributed by atoms with Gasteiger partial charge in [-0.05, 0) is 24.1 Å². The summed E-state index contributed by atoms with van der Waals surface area (Å²) in [5.41, 5.74) is 6.05. The third kappa shape index (κ3) is 2.93. The molecule has 3 N–H and O–H groups in total. The smallest absolute Gasteiger partial charge is 0.211 e. The molecule has 2 aliphatic heterocycles. The summed E-state index contributed by atoms with van der Waals surface area (Å²) in [6.45, 7) is 0.120. The number of nitrogens with zero attached hydrogens (tertiary/aromatic N) is 2. The SMILES string of the molecule is NC1=N[C@@]2(c3ccc(F)cc3F)CO[C@@H](c3ccnc(O)c3)C[C@H]2CS1. The number of hydrogen-bond donors (Lipinski definition) is 2. The Morgan fingerprint density at radius 1 is 1.27 bits per heavy atom. The van der Waals surface area contributed by atoms with Gasteiger partial charge in [0.2, 0.25) is 5.88 Å². The number of aromatic hydroxyl groups is 1. The number of rotatable bonds is 2. The van der Waals surface area contributed by atoms with Crippen molar-refractivity contribution in [2.75, 3.05) is 12.4 Å². The van der Waals surface area contributed by atoms with Gasteiger partial charge in [0.25, 0.3) is 0 Å². The minimum Gasteiger partial charge on any atom is -0.493 e. The van der Waals surface area contributed by atoms with Gasteiger partial charge in [-0.1, -0.05) is 17.8 Å². The van der Waals surface area contributed by atoms with Gasteiger partial charge in [-0.15, -0.1) is 0 Å². The zero-order valence-corrected chi connectivity index (χ0v) is 14.5. The first-order valence-electron chi connectivity index (χ1n) is 8.18. The average molecular weight is 377 g/mol. The first-order chi connectivity index (χ1) is 12.5. The lowest BCUT2D eigenvalue weighted by molar-refractivity contribution is -0.0588. The molecule has 1 saturated heterocycles. The number of amidine groups is 1. The molecule has 3 atom stereocenters. The van der Waals surface area contributed by atoms with Gasteiger partial charge < -0.3 is 15.6 Å². The molecule has 136 valence electrons. The number of aliphatic imine (C=N–C) groups is 1. The van der Waals surface area contributed by atoms with Crippen molar-refractivity contribution in [3.8, 4) is 5.88 Å². The number of aromatic nitrogens is 1. The molecule has 8 heteroatoms. The molecule has 1 aromatic heterocycles. The second-order valence-corrected chi connectivity index (χ2v) is 7.53. The standard InChI is InChI=1S/C18H17F2N3O2S/c19-12-1-2-13(14(20)7-12)18-9-25-15(10-3-4-22-16(24)5-10)6-11(18)8-26-17(21)23-18/h1-5,7,11,15H,6,8-9H2,(H2,21,23)(H,22,24)/t11-,15+,18-/m0/s1. The Kier molecular flexibility index (Phi) is 4.32. The molecule has 2 aliphatic rings. The van der Waals surface area contributed by atoms with E-state index in [2.05, 4.69) is 9.98 Å². The van der Waals surface area contributed by atoms with E-state index < -0.39 is 17.2 Å². The van der Waals surface area contributed by atoms with Crippen LogP contribution in [-0.4, -0.2) is 27.6 Å². The fourth-order valence-corrected chi connectivity index (χ4v) is 4.69. The Morgan fingerprint density at radius 2 is 2.12 bits per heavy atom. The Morgan fingerprint density at radius 3 is 2.88 bits per heavy atom. The molecule has 4 rings (SSSR count). The molecule has 0 saturated carbocycles. The maximum atomic E-state index is 14.5. The Bertz CT molecular complexity index is 879. The van der Waals surface area contributed by atoms with E-state index in [1.165, 1.54) is 30.1 Å². The summed E-state index contributed by atoms with van der Waals surface area (Å²) in [4.78, 5) is 8.33. The molecule has 0 radical (unpaired) electrons. The molecular weight excluding hydrogens is 360 g/mol. The first-order valence-corrected chi connectivity index (χ1v) is 9.17. The van der Waals surface area contributed by atoms with Gasteiger partial charge in [-0.25, -0.2) is 18.8 Å². The molecule has 0 amide bonds. The van der Waals surface area contributed by atoms with Crippen molar-refractivity contribution in [1.82, 2.24) is 4.98 Å². The summed E-state index contributed by atoms with van der Waals surface area (Å²) in [5.74, 6) is -0.754. The summed E-state index contributed by atoms with van der Waals surface area (Å²) >= 11 is 1.42. The largest absolute Gasteiger partial charge is 0.493 e. The predicted octanol–water partition coefficient (Wildman–Crippen LogP) is 3.10. The molecule has 0 unspecified atom stereocenters. The number of pyridine rings is 1. The van der Waals surface area contributed by atoms with Crippen LogP contribution >= 0.6 is 11.8 Å². The molecule has 5 nitrogen and oxygen atoms in total. The van der Waals surface area contributed by atoms with Crippen LogP contribution in [0.5, 0.6) is 5.88 Å². The van der Waals surface area contributed by atoms with Crippen molar-refractivity contribution in [3.63, 3.8) is 0 Å². The summed E-state index contributed by atoms with van der Waals surface area (Å²) < 4.78 is 33.9. The molecule has 1 fully saturated rings. The van der Waals surface area contributed by atoms with Crippen LogP contribution in [0, 0.1) is 17.6 Å². The van der Waals surface area contributed by atoms with Gasteiger partial charge in [0.05, 0.1) is 12.7 Å². The van der Waals surface area contributed by atoms with Crippen LogP contribution in [0.25, 0.3) is 0 Å². The van der Waals surface area contributed by atoms with Crippen LogP contribution in [0.15, 0.2) is 41.5 Å². The third-order valence-corrected chi connectivity index (χ3v) is 5.92. The molecular formula is C18H17F2N3O2S. The van der Waals surface area contributed by atoms with Crippen LogP contribution in [0.3, 0.4) is 0 Å². The van der Waals surface area contributed by atoms with E-state index >= 15 is 0 Å². The summed E-state index contributed by atoms with van der Waals surface area (Å²) in [6.07, 6.45) is 1.83. The topological polar surface area (TPSA) is 80.7 Å². The maximum absolute atomic E-state index is 14.5. The van der Waals surface area contributed by atoms with Gasteiger partial charge in [0.15, 0.2) is 5.17 Å². The summed E-state index contributed by atoms with van der Waals surface area (Å²) in [7, 11) is 0. The average Bonchev–Trinajstić information content (AvgIpc) is 2.61. The second-order valence-electron chi connectivity index (χ2n) is 6.49. The fourth-order valence-electron chi connectivity index (χ4n) is 3.68. The van der Waals surface area contributed by atoms with Gasteiger partial charge in [-0.3, -0.25) is 0 Å². The fraction of sp³-hybridized carbons (Fsp3) is 0.333. The number of hydrogen-bond acceptors (Lipinski definition) is 6. The van der Waals surface area contributed by atoms with E-state index in [-0.39, 0.29) is 24.5 Å². The van der Waals surface area contributed by atoms with Crippen LogP contribution in [0.1, 0.15) is 23.7 Å². The van der Waals surface area contributed by atoms with Crippen LogP contribution in [-0.2, 0) is 10.3 Å². The zero-order valence-electron chi connectivity index (χ0n) is 13.7. The third-order valence-electron chi connectivity index (χ3n) is 4.96. The highest BCUT2D eigenvalue weighted by atomic mass is 32.2. The lowest BCUT2D eigenvalue weighted by atomic mass is 9.74. The number of thioether (sulfide) groups is 1. The van der Waals surface area contributed by atoms with Gasteiger partial charge in [0.1, 0.15) is 17.2 Å². The number of ether oxygens (including phenoxy) is 1. The minimum absolute atomic E-state index is 0.0474. The van der Waals surface area contributed by atoms with Crippen molar-refractivity contribution in [1.29, 1.82) is 0 Å². The molecule has 0 aliphatic carbocycles. The highest BCUT2D eigenvalue weighted by Gasteiger charge is 2.49. The minimum atomic E-state index is -0.974. The number of benzene rings is 1. The quantitative estimate of drug-likeness (QED) is 0.841. The predicted molar refractivity (Wildman–Crippen MR) is 94.8 cm³/mol. The van der Waals surface area contributed by atoms with E-state index in [1.807, 2.05) is 0 Å². The van der Waals surface area contributed by atoms with E-state index in [0.717, 1.165) is 11.6 Å². The van der Waals surface area contributed by atoms with Crippen molar-refractivity contribution in [2.45, 2.75) is 18.1 Å². The number of nitrogens with two attached hydrogens (primary N) is 1. The van der Waals surface area contributed by atoms with E-state index in [1.54, 1.807) is 12.1 Å². The lowest BCUT2D eigenvalue weighted by Gasteiger charge is -2.46. The normalized spacial score (nSPS) is 28.3. The van der Waals surface area contributed by atoms with Gasteiger partial charge >= 0.3 is 0 Å². The molecule has 0 spiro atoms. The summed E-state index contributed by atoms with van der Waals surface area (Å²) in [5, 5.41) is 9.98. The molecule has 0 bridgehead atoms. The summed E-state index contributed by atoms with van der Waals surface area (Å²) in [6, 6.07) is 6.85. The highest BCUT2D eigenvalue weighted by Crippen LogP contribution is 2.49. The monoisotopic (exact) mass is 377 g/mol. The van der Waals surface area contributed by atoms with Crippen LogP contribution < -0.4 is 5.73 Å². The number of fused-ring (bicyclic) bond motifs is 1. The van der Waals surface area contributed by atoms with Crippen molar-refractivity contribution >= 4 is 16.9 Å². The maximum Gasteiger partial charge on any atom is 0.211 e. The Balaban J connectivity index is 1.72. The van der Waals surface area contributed by atoms with E-state index in [4.69, 9.17) is 10.5 Å². The Hall–Kier alpha value is -2.19. The molecule has 1 aromatic carbocycles. The lowest BCUT2D eigenvalue weighted by Crippen LogP contribution is -2.48. The van der Waals surface area contributed by atoms with Gasteiger partial charge in [0, 0.05) is 35.6 Å². The molecule has 2 aromatic rings. The van der Waals surface area contributed by atoms with Crippen LogP contribution in [0.4, 0.5) is 8.78 Å². The van der Waals surface area contributed by atoms with E-state index in [0.29, 0.717) is 22.9 Å². The second kappa shape index (κ2) is 6.51. The van der Waals surface area contributed by atoms with Crippen molar-refractivity contribution in [3.05, 3.63) is 59.3 Å². The van der Waals surface area contributed by atoms with Crippen LogP contribution in [0.2, 0.25) is 0 Å².